The Morgan fingerprint density at radius 1 is 1.21 bits per heavy atom. The second kappa shape index (κ2) is 8.92. The first kappa shape index (κ1) is 24.0. The van der Waals surface area contributed by atoms with E-state index in [0.717, 1.165) is 22.5 Å². The molecule has 1 unspecified atom stereocenters. The third-order valence-corrected chi connectivity index (χ3v) is 9.02. The maximum atomic E-state index is 13.9. The number of benzene rings is 2. The van der Waals surface area contributed by atoms with Gasteiger partial charge in [-0.2, -0.15) is 0 Å². The zero-order valence-electron chi connectivity index (χ0n) is 17.9. The van der Waals surface area contributed by atoms with Gasteiger partial charge in [0.05, 0.1) is 29.5 Å². The van der Waals surface area contributed by atoms with Gasteiger partial charge in [0.1, 0.15) is 11.9 Å². The van der Waals surface area contributed by atoms with Crippen LogP contribution in [0.5, 0.6) is 11.5 Å². The lowest BCUT2D eigenvalue weighted by Gasteiger charge is -2.35. The number of methoxy groups -OCH3 is 1. The second-order valence-electron chi connectivity index (χ2n) is 7.78. The highest BCUT2D eigenvalue weighted by Crippen LogP contribution is 2.39. The van der Waals surface area contributed by atoms with E-state index < -0.39 is 43.3 Å². The molecule has 4 rings (SSSR count). The average Bonchev–Trinajstić information content (AvgIpc) is 3.63. The predicted octanol–water partition coefficient (Wildman–Crippen LogP) is 1.96. The zero-order chi connectivity index (χ0) is 24.7. The van der Waals surface area contributed by atoms with Gasteiger partial charge in [0.2, 0.25) is 10.0 Å². The summed E-state index contributed by atoms with van der Waals surface area (Å²) >= 11 is 0. The average molecular weight is 516 g/mol. The van der Waals surface area contributed by atoms with Crippen molar-refractivity contribution < 1.29 is 40.6 Å². The number of carboxylic acid groups (broad SMARTS) is 1. The number of anilines is 2. The monoisotopic (exact) mass is 515 g/mol. The van der Waals surface area contributed by atoms with E-state index in [1.165, 1.54) is 25.3 Å². The summed E-state index contributed by atoms with van der Waals surface area (Å²) in [5, 5.41) is 10.7. The van der Waals surface area contributed by atoms with E-state index in [0.29, 0.717) is 12.8 Å². The number of carbonyl (C=O) groups is 1. The van der Waals surface area contributed by atoms with E-state index in [4.69, 9.17) is 14.6 Å². The molecule has 2 aliphatic rings. The predicted molar refractivity (Wildman–Crippen MR) is 120 cm³/mol. The molecule has 0 spiro atoms. The molecule has 1 fully saturated rings. The number of fused-ring (bicyclic) bond motifs is 1. The van der Waals surface area contributed by atoms with Gasteiger partial charge in [-0.15, -0.1) is 0 Å². The number of halogens is 1. The summed E-state index contributed by atoms with van der Waals surface area (Å²) < 4.78 is 79.6. The minimum atomic E-state index is -4.31. The lowest BCUT2D eigenvalue weighted by atomic mass is 10.2. The maximum absolute atomic E-state index is 13.9. The Kier molecular flexibility index (Phi) is 6.31. The lowest BCUT2D eigenvalue weighted by molar-refractivity contribution is 0.203. The van der Waals surface area contributed by atoms with Crippen LogP contribution in [0.3, 0.4) is 0 Å². The quantitative estimate of drug-likeness (QED) is 0.483. The molecular weight excluding hydrogens is 493 g/mol. The van der Waals surface area contributed by atoms with Crippen LogP contribution in [-0.2, 0) is 20.0 Å². The van der Waals surface area contributed by atoms with Crippen molar-refractivity contribution in [2.24, 2.45) is 0 Å². The van der Waals surface area contributed by atoms with Gasteiger partial charge in [-0.3, -0.25) is 9.62 Å². The fourth-order valence-electron chi connectivity index (χ4n) is 3.48. The Bertz CT molecular complexity index is 1330. The summed E-state index contributed by atoms with van der Waals surface area (Å²) in [5.74, 6) is -0.913. The van der Waals surface area contributed by atoms with Crippen molar-refractivity contribution >= 4 is 37.5 Å². The normalized spacial score (nSPS) is 18.1. The fourth-order valence-corrected chi connectivity index (χ4v) is 6.41. The third kappa shape index (κ3) is 4.88. The van der Waals surface area contributed by atoms with Crippen LogP contribution < -0.4 is 23.8 Å². The summed E-state index contributed by atoms with van der Waals surface area (Å²) in [5.41, 5.74) is 0.135. The van der Waals surface area contributed by atoms with Gasteiger partial charge in [-0.25, -0.2) is 30.7 Å². The molecule has 2 aromatic carbocycles. The van der Waals surface area contributed by atoms with Gasteiger partial charge in [0.15, 0.2) is 11.6 Å². The Hall–Kier alpha value is -3.10. The molecule has 3 N–H and O–H groups in total. The Labute approximate surface area is 195 Å². The van der Waals surface area contributed by atoms with Gasteiger partial charge < -0.3 is 14.6 Å². The first-order valence-corrected chi connectivity index (χ1v) is 13.2. The number of sulfonamides is 2. The van der Waals surface area contributed by atoms with E-state index in [1.54, 1.807) is 0 Å². The maximum Gasteiger partial charge on any atom is 0.409 e. The molecule has 34 heavy (non-hydrogen) atoms. The van der Waals surface area contributed by atoms with E-state index in [-0.39, 0.29) is 40.9 Å². The fraction of sp³-hybridized carbons (Fsp3) is 0.350. The summed E-state index contributed by atoms with van der Waals surface area (Å²) in [4.78, 5) is 10.8. The van der Waals surface area contributed by atoms with Crippen LogP contribution in [0, 0.1) is 5.82 Å². The molecule has 1 saturated carbocycles. The molecule has 184 valence electrons. The topological polar surface area (TPSA) is 151 Å². The molecule has 0 saturated heterocycles. The largest absolute Gasteiger partial charge is 0.494 e. The van der Waals surface area contributed by atoms with Crippen molar-refractivity contribution in [1.29, 1.82) is 0 Å². The second-order valence-corrected chi connectivity index (χ2v) is 11.7. The highest BCUT2D eigenvalue weighted by molar-refractivity contribution is 7.92. The van der Waals surface area contributed by atoms with Gasteiger partial charge in [0.25, 0.3) is 10.0 Å². The smallest absolute Gasteiger partial charge is 0.409 e. The number of ether oxygens (including phenoxy) is 2. The zero-order valence-corrected chi connectivity index (χ0v) is 19.5. The number of amides is 1. The van der Waals surface area contributed by atoms with Gasteiger partial charge in [-0.1, -0.05) is 0 Å². The molecule has 0 aromatic heterocycles. The molecule has 2 aromatic rings. The van der Waals surface area contributed by atoms with Crippen LogP contribution in [0.25, 0.3) is 0 Å². The third-order valence-electron chi connectivity index (χ3n) is 5.33. The van der Waals surface area contributed by atoms with Crippen molar-refractivity contribution in [3.05, 3.63) is 42.2 Å². The molecule has 1 heterocycles. The minimum absolute atomic E-state index is 0.0378. The molecular formula is C20H22FN3O8S2. The van der Waals surface area contributed by atoms with Crippen molar-refractivity contribution in [2.45, 2.75) is 29.1 Å². The van der Waals surface area contributed by atoms with E-state index >= 15 is 0 Å². The van der Waals surface area contributed by atoms with Crippen molar-refractivity contribution in [3.63, 3.8) is 0 Å². The summed E-state index contributed by atoms with van der Waals surface area (Å²) in [6.07, 6.45) is -1.09. The minimum Gasteiger partial charge on any atom is -0.494 e. The van der Waals surface area contributed by atoms with Crippen LogP contribution in [0.2, 0.25) is 0 Å². The SMILES string of the molecule is COc1cc(S(=O)(=O)N2CC(CNS(=O)(=O)C3CC3)Oc3ccc(NC(=O)O)cc32)ccc1F. The van der Waals surface area contributed by atoms with Crippen LogP contribution in [0.4, 0.5) is 20.6 Å². The molecule has 11 nitrogen and oxygen atoms in total. The number of nitrogens with one attached hydrogen (secondary N) is 2. The van der Waals surface area contributed by atoms with Crippen LogP contribution >= 0.6 is 0 Å². The molecule has 1 atom stereocenters. The summed E-state index contributed by atoms with van der Waals surface area (Å²) in [7, 11) is -6.64. The van der Waals surface area contributed by atoms with Gasteiger partial charge >= 0.3 is 6.09 Å². The van der Waals surface area contributed by atoms with Crippen molar-refractivity contribution in [3.8, 4) is 11.5 Å². The number of nitrogens with zero attached hydrogens (tertiary/aromatic N) is 1. The Balaban J connectivity index is 1.71. The van der Waals surface area contributed by atoms with Crippen LogP contribution in [0.15, 0.2) is 41.3 Å². The van der Waals surface area contributed by atoms with Gasteiger partial charge in [-0.05, 0) is 43.2 Å². The van der Waals surface area contributed by atoms with Gasteiger partial charge in [0, 0.05) is 18.3 Å². The summed E-state index contributed by atoms with van der Waals surface area (Å²) in [6.45, 7) is -0.453. The Morgan fingerprint density at radius 2 is 1.94 bits per heavy atom. The molecule has 0 bridgehead atoms. The molecule has 1 aliphatic heterocycles. The first-order valence-electron chi connectivity index (χ1n) is 10.2. The number of rotatable bonds is 8. The highest BCUT2D eigenvalue weighted by Gasteiger charge is 2.39. The molecule has 0 radical (unpaired) electrons. The van der Waals surface area contributed by atoms with Crippen LogP contribution in [-0.4, -0.2) is 59.6 Å². The Morgan fingerprint density at radius 3 is 2.59 bits per heavy atom. The standard InChI is InChI=1S/C20H22FN3O8S2/c1-31-19-9-15(5-6-16(19)21)34(29,30)24-11-13(10-22-33(27,28)14-3-4-14)32-18-7-2-12(8-17(18)24)23-20(25)26/h2,5-9,13-14,22-23H,3-4,10-11H2,1H3,(H,25,26). The molecule has 1 amide bonds. The lowest BCUT2D eigenvalue weighted by Crippen LogP contribution is -2.48. The first-order chi connectivity index (χ1) is 16.0. The van der Waals surface area contributed by atoms with E-state index in [1.807, 2.05) is 0 Å². The number of hydrogen-bond donors (Lipinski definition) is 3. The molecule has 1 aliphatic carbocycles. The molecule has 14 heteroatoms. The van der Waals surface area contributed by atoms with Crippen molar-refractivity contribution in [1.82, 2.24) is 4.72 Å². The van der Waals surface area contributed by atoms with Crippen LogP contribution in [0.1, 0.15) is 12.8 Å². The number of hydrogen-bond acceptors (Lipinski definition) is 7. The highest BCUT2D eigenvalue weighted by atomic mass is 32.2. The van der Waals surface area contributed by atoms with E-state index in [9.17, 15) is 26.0 Å². The van der Waals surface area contributed by atoms with E-state index in [2.05, 4.69) is 10.0 Å². The van der Waals surface area contributed by atoms with Crippen molar-refractivity contribution in [2.75, 3.05) is 29.8 Å². The summed E-state index contributed by atoms with van der Waals surface area (Å²) in [6, 6.07) is 7.12.